The van der Waals surface area contributed by atoms with Gasteiger partial charge in [0.1, 0.15) is 5.75 Å². The molecule has 0 spiro atoms. The maximum Gasteiger partial charge on any atom is 0.328 e. The second-order valence-electron chi connectivity index (χ2n) is 7.53. The topological polar surface area (TPSA) is 101 Å². The molecule has 1 atom stereocenters. The van der Waals surface area contributed by atoms with Crippen LogP contribution in [0.3, 0.4) is 0 Å². The third-order valence-electron chi connectivity index (χ3n) is 5.37. The molecule has 0 radical (unpaired) electrons. The average molecular weight is 412 g/mol. The highest BCUT2D eigenvalue weighted by atomic mass is 16.5. The van der Waals surface area contributed by atoms with E-state index in [0.717, 1.165) is 18.8 Å². The van der Waals surface area contributed by atoms with E-state index in [1.54, 1.807) is 0 Å². The smallest absolute Gasteiger partial charge is 0.328 e. The molecule has 1 aromatic heterocycles. The zero-order chi connectivity index (χ0) is 21.5. The van der Waals surface area contributed by atoms with Crippen LogP contribution in [-0.4, -0.2) is 39.4 Å². The minimum absolute atomic E-state index is 0.429. The standard InChI is InChI=1S/C19H24N2O.C4H4O4/c1-14-18-10-11-19(21(18)13-12-20-14)15-6-8-17(9-7-15)22-16-4-2-3-5-16;5-3(6)1-2-4(7)8/h6-11,14,16,20H,2-5,12-13H2,1H3;1-2H,(H,5,6)(H,7,8)/b;2-1+. The Balaban J connectivity index is 0.000000275. The number of carboxylic acid groups (broad SMARTS) is 2. The SMILES string of the molecule is CC1NCCn2c(-c3ccc(OC4CCCC4)cc3)ccc21.O=C(O)/C=C/C(=O)O. The van der Waals surface area contributed by atoms with Gasteiger partial charge in [0.15, 0.2) is 0 Å². The van der Waals surface area contributed by atoms with Crippen molar-refractivity contribution in [3.8, 4) is 17.0 Å². The highest BCUT2D eigenvalue weighted by Gasteiger charge is 2.19. The molecule has 2 aromatic rings. The van der Waals surface area contributed by atoms with E-state index in [2.05, 4.69) is 53.2 Å². The van der Waals surface area contributed by atoms with Gasteiger partial charge in [0, 0.05) is 42.7 Å². The van der Waals surface area contributed by atoms with Gasteiger partial charge in [-0.05, 0) is 74.6 Å². The number of benzene rings is 1. The Morgan fingerprint density at radius 2 is 1.67 bits per heavy atom. The minimum atomic E-state index is -1.26. The van der Waals surface area contributed by atoms with Crippen LogP contribution in [-0.2, 0) is 16.1 Å². The fourth-order valence-electron chi connectivity index (χ4n) is 3.91. The van der Waals surface area contributed by atoms with Crippen LogP contribution in [0.1, 0.15) is 44.3 Å². The quantitative estimate of drug-likeness (QED) is 0.645. The summed E-state index contributed by atoms with van der Waals surface area (Å²) in [6.45, 7) is 4.31. The van der Waals surface area contributed by atoms with E-state index in [4.69, 9.17) is 14.9 Å². The van der Waals surface area contributed by atoms with Crippen LogP contribution in [0.4, 0.5) is 0 Å². The van der Waals surface area contributed by atoms with Gasteiger partial charge in [0.05, 0.1) is 6.10 Å². The van der Waals surface area contributed by atoms with Crippen molar-refractivity contribution in [3.05, 3.63) is 54.2 Å². The van der Waals surface area contributed by atoms with Crippen LogP contribution in [0, 0.1) is 0 Å². The van der Waals surface area contributed by atoms with Crippen molar-refractivity contribution >= 4 is 11.9 Å². The highest BCUT2D eigenvalue weighted by molar-refractivity contribution is 5.89. The molecule has 4 rings (SSSR count). The highest BCUT2D eigenvalue weighted by Crippen LogP contribution is 2.30. The number of ether oxygens (including phenoxy) is 1. The normalized spacial score (nSPS) is 18.5. The summed E-state index contributed by atoms with van der Waals surface area (Å²) in [5.74, 6) is -1.50. The fourth-order valence-corrected chi connectivity index (χ4v) is 3.91. The Hall–Kier alpha value is -3.06. The molecule has 0 saturated heterocycles. The van der Waals surface area contributed by atoms with Crippen molar-refractivity contribution in [1.82, 2.24) is 9.88 Å². The predicted molar refractivity (Wildman–Crippen MR) is 114 cm³/mol. The Morgan fingerprint density at radius 1 is 1.03 bits per heavy atom. The van der Waals surface area contributed by atoms with Gasteiger partial charge in [-0.15, -0.1) is 0 Å². The van der Waals surface area contributed by atoms with Crippen LogP contribution < -0.4 is 10.1 Å². The first-order chi connectivity index (χ1) is 14.4. The summed E-state index contributed by atoms with van der Waals surface area (Å²) >= 11 is 0. The molecule has 1 aliphatic carbocycles. The Kier molecular flexibility index (Phi) is 7.30. The molecule has 2 aliphatic rings. The number of nitrogens with one attached hydrogen (secondary N) is 1. The largest absolute Gasteiger partial charge is 0.490 e. The van der Waals surface area contributed by atoms with Gasteiger partial charge < -0.3 is 24.8 Å². The summed E-state index contributed by atoms with van der Waals surface area (Å²) in [5, 5.41) is 19.1. The maximum atomic E-state index is 9.55. The Morgan fingerprint density at radius 3 is 2.27 bits per heavy atom. The van der Waals surface area contributed by atoms with Crippen molar-refractivity contribution < 1.29 is 24.5 Å². The zero-order valence-electron chi connectivity index (χ0n) is 17.1. The number of rotatable bonds is 5. The fraction of sp³-hybridized carbons (Fsp3) is 0.391. The lowest BCUT2D eigenvalue weighted by atomic mass is 10.1. The molecule has 7 heteroatoms. The molecule has 1 aromatic carbocycles. The van der Waals surface area contributed by atoms with Gasteiger partial charge in [0.2, 0.25) is 0 Å². The van der Waals surface area contributed by atoms with E-state index in [0.29, 0.717) is 24.3 Å². The van der Waals surface area contributed by atoms with Crippen LogP contribution in [0.15, 0.2) is 48.6 Å². The lowest BCUT2D eigenvalue weighted by molar-refractivity contribution is -0.134. The first-order valence-corrected chi connectivity index (χ1v) is 10.3. The van der Waals surface area contributed by atoms with Gasteiger partial charge in [0.25, 0.3) is 0 Å². The van der Waals surface area contributed by atoms with Crippen molar-refractivity contribution in [2.24, 2.45) is 0 Å². The molecule has 1 aliphatic heterocycles. The molecule has 160 valence electrons. The second kappa shape index (κ2) is 10.1. The van der Waals surface area contributed by atoms with E-state index >= 15 is 0 Å². The number of aliphatic carboxylic acids is 2. The number of fused-ring (bicyclic) bond motifs is 1. The number of hydrogen-bond donors (Lipinski definition) is 3. The van der Waals surface area contributed by atoms with Gasteiger partial charge in [-0.3, -0.25) is 0 Å². The molecule has 1 saturated carbocycles. The van der Waals surface area contributed by atoms with Crippen molar-refractivity contribution in [3.63, 3.8) is 0 Å². The lowest BCUT2D eigenvalue weighted by Crippen LogP contribution is -2.31. The molecule has 7 nitrogen and oxygen atoms in total. The number of carboxylic acids is 2. The van der Waals surface area contributed by atoms with Crippen molar-refractivity contribution in [2.75, 3.05) is 6.54 Å². The van der Waals surface area contributed by atoms with E-state index in [1.165, 1.54) is 42.6 Å². The minimum Gasteiger partial charge on any atom is -0.490 e. The molecular formula is C23H28N2O5. The first kappa shape index (κ1) is 21.6. The Bertz CT molecular complexity index is 879. The van der Waals surface area contributed by atoms with Crippen LogP contribution in [0.25, 0.3) is 11.3 Å². The number of hydrogen-bond acceptors (Lipinski definition) is 4. The maximum absolute atomic E-state index is 9.55. The van der Waals surface area contributed by atoms with Gasteiger partial charge in [-0.2, -0.15) is 0 Å². The van der Waals surface area contributed by atoms with E-state index in [9.17, 15) is 9.59 Å². The van der Waals surface area contributed by atoms with E-state index in [-0.39, 0.29) is 0 Å². The van der Waals surface area contributed by atoms with Crippen LogP contribution in [0.5, 0.6) is 5.75 Å². The molecule has 3 N–H and O–H groups in total. The van der Waals surface area contributed by atoms with Crippen LogP contribution >= 0.6 is 0 Å². The van der Waals surface area contributed by atoms with Crippen molar-refractivity contribution in [1.29, 1.82) is 0 Å². The van der Waals surface area contributed by atoms with Gasteiger partial charge in [-0.25, -0.2) is 9.59 Å². The van der Waals surface area contributed by atoms with Gasteiger partial charge >= 0.3 is 11.9 Å². The van der Waals surface area contributed by atoms with E-state index in [1.807, 2.05) is 0 Å². The summed E-state index contributed by atoms with van der Waals surface area (Å²) in [6, 6.07) is 13.6. The molecule has 1 unspecified atom stereocenters. The molecule has 0 bridgehead atoms. The third kappa shape index (κ3) is 5.73. The third-order valence-corrected chi connectivity index (χ3v) is 5.37. The second-order valence-corrected chi connectivity index (χ2v) is 7.53. The molecule has 0 amide bonds. The van der Waals surface area contributed by atoms with E-state index < -0.39 is 11.9 Å². The summed E-state index contributed by atoms with van der Waals surface area (Å²) in [5.41, 5.74) is 3.97. The number of carbonyl (C=O) groups is 2. The molecule has 2 heterocycles. The summed E-state index contributed by atoms with van der Waals surface area (Å²) < 4.78 is 8.50. The summed E-state index contributed by atoms with van der Waals surface area (Å²) in [6.07, 6.45) is 6.58. The zero-order valence-corrected chi connectivity index (χ0v) is 17.1. The number of nitrogens with zero attached hydrogens (tertiary/aromatic N) is 1. The van der Waals surface area contributed by atoms with Gasteiger partial charge in [-0.1, -0.05) is 0 Å². The molecular weight excluding hydrogens is 384 g/mol. The number of aromatic nitrogens is 1. The van der Waals surface area contributed by atoms with Crippen molar-refractivity contribution in [2.45, 2.75) is 51.3 Å². The monoisotopic (exact) mass is 412 g/mol. The average Bonchev–Trinajstić information content (AvgIpc) is 3.38. The van der Waals surface area contributed by atoms with Crippen LogP contribution in [0.2, 0.25) is 0 Å². The molecule has 30 heavy (non-hydrogen) atoms. The summed E-state index contributed by atoms with van der Waals surface area (Å²) in [4.78, 5) is 19.1. The summed E-state index contributed by atoms with van der Waals surface area (Å²) in [7, 11) is 0. The predicted octanol–water partition coefficient (Wildman–Crippen LogP) is 3.85. The molecule has 1 fully saturated rings. The lowest BCUT2D eigenvalue weighted by Gasteiger charge is -2.25. The Labute approximate surface area is 176 Å². The first-order valence-electron chi connectivity index (χ1n) is 10.3.